The average molecular weight is 261 g/mol. The maximum atomic E-state index is 13.7. The maximum Gasteiger partial charge on any atom is 0.146 e. The predicted molar refractivity (Wildman–Crippen MR) is 69.4 cm³/mol. The first kappa shape index (κ1) is 12.0. The molecule has 1 unspecified atom stereocenters. The molecular weight excluding hydrogens is 248 g/mol. The van der Waals surface area contributed by atoms with Crippen LogP contribution in [-0.4, -0.2) is 7.11 Å². The number of nitrogens with one attached hydrogen (secondary N) is 1. The Balaban J connectivity index is 1.99. The lowest BCUT2D eigenvalue weighted by atomic mass is 10.0. The summed E-state index contributed by atoms with van der Waals surface area (Å²) < 4.78 is 32.3. The van der Waals surface area contributed by atoms with E-state index in [-0.39, 0.29) is 17.7 Å². The summed E-state index contributed by atoms with van der Waals surface area (Å²) in [6.45, 7) is 0. The summed E-state index contributed by atoms with van der Waals surface area (Å²) in [5.41, 5.74) is 2.10. The second-order valence-corrected chi connectivity index (χ2v) is 4.56. The molecule has 1 atom stereocenters. The van der Waals surface area contributed by atoms with Gasteiger partial charge in [-0.15, -0.1) is 0 Å². The van der Waals surface area contributed by atoms with Crippen molar-refractivity contribution < 1.29 is 13.5 Å². The van der Waals surface area contributed by atoms with Crippen molar-refractivity contribution in [3.63, 3.8) is 0 Å². The standard InChI is InChI=1S/C15H13F2NO/c1-19-14-6-5-10(16)8-11(14)13-7-9-3-2-4-12(17)15(9)18-13/h2-6,8,13,18H,7H2,1H3. The van der Waals surface area contributed by atoms with Crippen LogP contribution in [-0.2, 0) is 6.42 Å². The molecule has 0 fully saturated rings. The Morgan fingerprint density at radius 3 is 2.79 bits per heavy atom. The number of fused-ring (bicyclic) bond motifs is 1. The number of rotatable bonds is 2. The number of anilines is 1. The van der Waals surface area contributed by atoms with Gasteiger partial charge in [-0.05, 0) is 36.2 Å². The van der Waals surface area contributed by atoms with Gasteiger partial charge >= 0.3 is 0 Å². The number of benzene rings is 2. The monoisotopic (exact) mass is 261 g/mol. The van der Waals surface area contributed by atoms with Gasteiger partial charge in [0, 0.05) is 5.56 Å². The molecule has 19 heavy (non-hydrogen) atoms. The smallest absolute Gasteiger partial charge is 0.146 e. The highest BCUT2D eigenvalue weighted by atomic mass is 19.1. The number of halogens is 2. The van der Waals surface area contributed by atoms with Crippen molar-refractivity contribution >= 4 is 5.69 Å². The van der Waals surface area contributed by atoms with E-state index >= 15 is 0 Å². The Bertz CT molecular complexity index is 628. The zero-order valence-electron chi connectivity index (χ0n) is 10.4. The second kappa shape index (κ2) is 4.53. The zero-order chi connectivity index (χ0) is 13.4. The first-order chi connectivity index (χ1) is 9.19. The van der Waals surface area contributed by atoms with E-state index in [4.69, 9.17) is 4.74 Å². The number of hydrogen-bond acceptors (Lipinski definition) is 2. The van der Waals surface area contributed by atoms with Crippen molar-refractivity contribution in [1.82, 2.24) is 0 Å². The molecule has 0 amide bonds. The quantitative estimate of drug-likeness (QED) is 0.890. The number of ether oxygens (including phenoxy) is 1. The molecule has 1 heterocycles. The molecule has 0 spiro atoms. The van der Waals surface area contributed by atoms with Gasteiger partial charge in [-0.3, -0.25) is 0 Å². The highest BCUT2D eigenvalue weighted by molar-refractivity contribution is 5.60. The van der Waals surface area contributed by atoms with Crippen LogP contribution in [0.2, 0.25) is 0 Å². The third-order valence-electron chi connectivity index (χ3n) is 3.41. The topological polar surface area (TPSA) is 21.3 Å². The first-order valence-electron chi connectivity index (χ1n) is 6.06. The van der Waals surface area contributed by atoms with Gasteiger partial charge in [-0.2, -0.15) is 0 Å². The molecule has 2 aromatic rings. The van der Waals surface area contributed by atoms with Crippen LogP contribution in [0.5, 0.6) is 5.75 Å². The molecule has 0 saturated heterocycles. The van der Waals surface area contributed by atoms with Crippen LogP contribution in [0.4, 0.5) is 14.5 Å². The molecule has 3 rings (SSSR count). The van der Waals surface area contributed by atoms with Crippen molar-refractivity contribution in [2.45, 2.75) is 12.5 Å². The third kappa shape index (κ3) is 2.03. The molecule has 0 saturated carbocycles. The van der Waals surface area contributed by atoms with Gasteiger partial charge in [-0.25, -0.2) is 8.78 Å². The van der Waals surface area contributed by atoms with Crippen LogP contribution in [0.15, 0.2) is 36.4 Å². The SMILES string of the molecule is COc1ccc(F)cc1C1Cc2cccc(F)c2N1. The van der Waals surface area contributed by atoms with Crippen molar-refractivity contribution in [2.24, 2.45) is 0 Å². The summed E-state index contributed by atoms with van der Waals surface area (Å²) in [4.78, 5) is 0. The fraction of sp³-hybridized carbons (Fsp3) is 0.200. The van der Waals surface area contributed by atoms with E-state index in [0.717, 1.165) is 5.56 Å². The van der Waals surface area contributed by atoms with Crippen LogP contribution in [0, 0.1) is 11.6 Å². The number of hydrogen-bond donors (Lipinski definition) is 1. The van der Waals surface area contributed by atoms with Gasteiger partial charge < -0.3 is 10.1 Å². The van der Waals surface area contributed by atoms with E-state index < -0.39 is 0 Å². The van der Waals surface area contributed by atoms with Crippen molar-refractivity contribution in [3.05, 3.63) is 59.2 Å². The highest BCUT2D eigenvalue weighted by Gasteiger charge is 2.26. The van der Waals surface area contributed by atoms with E-state index in [9.17, 15) is 8.78 Å². The van der Waals surface area contributed by atoms with Gasteiger partial charge in [0.1, 0.15) is 17.4 Å². The fourth-order valence-electron chi connectivity index (χ4n) is 2.51. The van der Waals surface area contributed by atoms with Crippen LogP contribution in [0.25, 0.3) is 0 Å². The lowest BCUT2D eigenvalue weighted by Crippen LogP contribution is -2.08. The van der Waals surface area contributed by atoms with E-state index in [1.54, 1.807) is 19.2 Å². The molecule has 0 bridgehead atoms. The summed E-state index contributed by atoms with van der Waals surface area (Å²) >= 11 is 0. The second-order valence-electron chi connectivity index (χ2n) is 4.56. The van der Waals surface area contributed by atoms with Crippen LogP contribution in [0.3, 0.4) is 0 Å². The lowest BCUT2D eigenvalue weighted by molar-refractivity contribution is 0.406. The minimum Gasteiger partial charge on any atom is -0.496 e. The van der Waals surface area contributed by atoms with Crippen LogP contribution >= 0.6 is 0 Å². The Morgan fingerprint density at radius 2 is 2.05 bits per heavy atom. The predicted octanol–water partition coefficient (Wildman–Crippen LogP) is 3.68. The first-order valence-corrected chi connectivity index (χ1v) is 6.06. The average Bonchev–Trinajstić information content (AvgIpc) is 2.84. The summed E-state index contributed by atoms with van der Waals surface area (Å²) in [6, 6.07) is 9.17. The minimum atomic E-state index is -0.325. The summed E-state index contributed by atoms with van der Waals surface area (Å²) in [5.74, 6) is -0.00323. The van der Waals surface area contributed by atoms with Gasteiger partial charge in [0.25, 0.3) is 0 Å². The number of methoxy groups -OCH3 is 1. The molecule has 2 aromatic carbocycles. The summed E-state index contributed by atoms with van der Waals surface area (Å²) in [6.07, 6.45) is 0.618. The maximum absolute atomic E-state index is 13.7. The Hall–Kier alpha value is -2.10. The molecule has 1 aliphatic heterocycles. The molecule has 2 nitrogen and oxygen atoms in total. The van der Waals surface area contributed by atoms with Gasteiger partial charge in [0.15, 0.2) is 0 Å². The van der Waals surface area contributed by atoms with Gasteiger partial charge in [0.2, 0.25) is 0 Å². The molecule has 1 N–H and O–H groups in total. The minimum absolute atomic E-state index is 0.169. The summed E-state index contributed by atoms with van der Waals surface area (Å²) in [7, 11) is 1.54. The fourth-order valence-corrected chi connectivity index (χ4v) is 2.51. The molecule has 0 aliphatic carbocycles. The largest absolute Gasteiger partial charge is 0.496 e. The van der Waals surface area contributed by atoms with Crippen molar-refractivity contribution in [3.8, 4) is 5.75 Å². The molecule has 4 heteroatoms. The van der Waals surface area contributed by atoms with E-state index in [2.05, 4.69) is 5.32 Å². The Morgan fingerprint density at radius 1 is 1.21 bits per heavy atom. The third-order valence-corrected chi connectivity index (χ3v) is 3.41. The molecule has 0 aromatic heterocycles. The van der Waals surface area contributed by atoms with Crippen molar-refractivity contribution in [2.75, 3.05) is 12.4 Å². The normalized spacial score (nSPS) is 16.9. The van der Waals surface area contributed by atoms with E-state index in [0.29, 0.717) is 23.4 Å². The van der Waals surface area contributed by atoms with Gasteiger partial charge in [0.05, 0.1) is 18.8 Å². The van der Waals surface area contributed by atoms with E-state index in [1.807, 2.05) is 6.07 Å². The Kier molecular flexibility index (Phi) is 2.85. The summed E-state index contributed by atoms with van der Waals surface area (Å²) in [5, 5.41) is 3.10. The molecule has 0 radical (unpaired) electrons. The molecule has 98 valence electrons. The van der Waals surface area contributed by atoms with E-state index in [1.165, 1.54) is 18.2 Å². The Labute approximate surface area is 110 Å². The molecular formula is C15H13F2NO. The zero-order valence-corrected chi connectivity index (χ0v) is 10.4. The molecule has 1 aliphatic rings. The van der Waals surface area contributed by atoms with Gasteiger partial charge in [-0.1, -0.05) is 12.1 Å². The number of para-hydroxylation sites is 1. The highest BCUT2D eigenvalue weighted by Crippen LogP contribution is 2.39. The lowest BCUT2D eigenvalue weighted by Gasteiger charge is -2.15. The van der Waals surface area contributed by atoms with Crippen LogP contribution in [0.1, 0.15) is 17.2 Å². The van der Waals surface area contributed by atoms with Crippen LogP contribution < -0.4 is 10.1 Å². The van der Waals surface area contributed by atoms with Crippen molar-refractivity contribution in [1.29, 1.82) is 0 Å².